The summed E-state index contributed by atoms with van der Waals surface area (Å²) in [5, 5.41) is 0.381. The minimum atomic E-state index is -3.57. The quantitative estimate of drug-likeness (QED) is 0.830. The summed E-state index contributed by atoms with van der Waals surface area (Å²) in [6, 6.07) is 2.97. The number of rotatable bonds is 4. The van der Waals surface area contributed by atoms with Crippen molar-refractivity contribution in [2.45, 2.75) is 56.9 Å². The number of nitrogens with one attached hydrogen (secondary N) is 1. The van der Waals surface area contributed by atoms with Gasteiger partial charge < -0.3 is 5.73 Å². The summed E-state index contributed by atoms with van der Waals surface area (Å²) in [6.45, 7) is 3.67. The number of nitrogens with two attached hydrogens (primary N) is 1. The molecule has 1 fully saturated rings. The summed E-state index contributed by atoms with van der Waals surface area (Å²) in [6.07, 6.45) is 5.80. The summed E-state index contributed by atoms with van der Waals surface area (Å²) in [5.41, 5.74) is 6.63. The molecule has 0 bridgehead atoms. The Balaban J connectivity index is 2.20. The first-order valence-corrected chi connectivity index (χ1v) is 9.25. The Hall–Kier alpha value is -0.780. The molecule has 1 aromatic rings. The van der Waals surface area contributed by atoms with Crippen LogP contribution in [0.2, 0.25) is 5.02 Å². The van der Waals surface area contributed by atoms with Crippen molar-refractivity contribution in [3.05, 3.63) is 22.7 Å². The number of anilines is 1. The van der Waals surface area contributed by atoms with Gasteiger partial charge in [-0.1, -0.05) is 30.9 Å². The zero-order chi connectivity index (χ0) is 15.6. The molecule has 1 atom stereocenters. The van der Waals surface area contributed by atoms with Crippen LogP contribution < -0.4 is 10.5 Å². The summed E-state index contributed by atoms with van der Waals surface area (Å²) >= 11 is 5.92. The summed E-state index contributed by atoms with van der Waals surface area (Å²) in [5.74, 6) is 0.415. The molecular weight excluding hydrogens is 308 g/mol. The number of benzene rings is 1. The molecule has 1 aromatic carbocycles. The fourth-order valence-corrected chi connectivity index (χ4v) is 4.79. The van der Waals surface area contributed by atoms with E-state index >= 15 is 0 Å². The lowest BCUT2D eigenvalue weighted by atomic mass is 9.85. The van der Waals surface area contributed by atoms with E-state index in [0.29, 0.717) is 16.5 Å². The van der Waals surface area contributed by atoms with Crippen LogP contribution in [0.4, 0.5) is 5.69 Å². The number of nitrogen functional groups attached to an aromatic ring is 1. The number of hydrogen-bond acceptors (Lipinski definition) is 3. The van der Waals surface area contributed by atoms with E-state index in [-0.39, 0.29) is 16.6 Å². The minimum Gasteiger partial charge on any atom is -0.397 e. The molecule has 0 amide bonds. The van der Waals surface area contributed by atoms with Crippen molar-refractivity contribution < 1.29 is 8.42 Å². The zero-order valence-corrected chi connectivity index (χ0v) is 14.1. The van der Waals surface area contributed by atoms with Crippen LogP contribution >= 0.6 is 11.6 Å². The fraction of sp³-hybridized carbons (Fsp3) is 0.600. The number of sulfonamides is 1. The lowest BCUT2D eigenvalue weighted by Crippen LogP contribution is -2.39. The van der Waals surface area contributed by atoms with Crippen LogP contribution in [-0.4, -0.2) is 14.5 Å². The summed E-state index contributed by atoms with van der Waals surface area (Å²) in [7, 11) is -3.57. The number of hydrogen-bond donors (Lipinski definition) is 2. The Morgan fingerprint density at radius 2 is 1.90 bits per heavy atom. The number of aryl methyl sites for hydroxylation is 1. The highest BCUT2D eigenvalue weighted by atomic mass is 35.5. The first-order chi connectivity index (χ1) is 9.81. The van der Waals surface area contributed by atoms with E-state index in [1.54, 1.807) is 13.0 Å². The van der Waals surface area contributed by atoms with Gasteiger partial charge in [-0.15, -0.1) is 0 Å². The molecule has 1 aliphatic rings. The van der Waals surface area contributed by atoms with Crippen LogP contribution in [-0.2, 0) is 10.0 Å². The van der Waals surface area contributed by atoms with Gasteiger partial charge in [0.1, 0.15) is 0 Å². The van der Waals surface area contributed by atoms with Crippen molar-refractivity contribution in [1.82, 2.24) is 4.72 Å². The lowest BCUT2D eigenvalue weighted by molar-refractivity contribution is 0.303. The van der Waals surface area contributed by atoms with Gasteiger partial charge in [-0.3, -0.25) is 0 Å². The van der Waals surface area contributed by atoms with E-state index in [0.717, 1.165) is 12.8 Å². The summed E-state index contributed by atoms with van der Waals surface area (Å²) < 4.78 is 27.9. The highest BCUT2D eigenvalue weighted by Gasteiger charge is 2.26. The van der Waals surface area contributed by atoms with Gasteiger partial charge in [-0.05, 0) is 50.3 Å². The van der Waals surface area contributed by atoms with E-state index < -0.39 is 10.0 Å². The predicted octanol–water partition coefficient (Wildman–Crippen LogP) is 3.48. The van der Waals surface area contributed by atoms with Crippen molar-refractivity contribution >= 4 is 27.3 Å². The maximum absolute atomic E-state index is 12.6. The fourth-order valence-electron chi connectivity index (χ4n) is 3.00. The third-order valence-corrected chi connectivity index (χ3v) is 6.31. The van der Waals surface area contributed by atoms with Gasteiger partial charge in [0.2, 0.25) is 10.0 Å². The van der Waals surface area contributed by atoms with Gasteiger partial charge in [-0.2, -0.15) is 0 Å². The Labute approximate surface area is 132 Å². The largest absolute Gasteiger partial charge is 0.397 e. The molecule has 0 aromatic heterocycles. The third kappa shape index (κ3) is 3.90. The van der Waals surface area contributed by atoms with Crippen LogP contribution in [0.1, 0.15) is 44.6 Å². The molecule has 21 heavy (non-hydrogen) atoms. The molecule has 1 aliphatic carbocycles. The Bertz CT molecular complexity index is 610. The average molecular weight is 331 g/mol. The molecule has 1 unspecified atom stereocenters. The van der Waals surface area contributed by atoms with Gasteiger partial charge in [0.25, 0.3) is 0 Å². The van der Waals surface area contributed by atoms with Crippen LogP contribution in [0.15, 0.2) is 17.0 Å². The van der Waals surface area contributed by atoms with Crippen molar-refractivity contribution in [3.8, 4) is 0 Å². The second-order valence-corrected chi connectivity index (χ2v) is 8.04. The average Bonchev–Trinajstić information content (AvgIpc) is 2.43. The molecule has 0 aliphatic heterocycles. The Kier molecular flexibility index (Phi) is 5.17. The highest BCUT2D eigenvalue weighted by molar-refractivity contribution is 7.89. The van der Waals surface area contributed by atoms with Crippen LogP contribution in [0.5, 0.6) is 0 Å². The van der Waals surface area contributed by atoms with Crippen molar-refractivity contribution in [1.29, 1.82) is 0 Å². The Morgan fingerprint density at radius 3 is 2.52 bits per heavy atom. The molecule has 0 radical (unpaired) electrons. The van der Waals surface area contributed by atoms with Crippen LogP contribution in [0.25, 0.3) is 0 Å². The smallest absolute Gasteiger partial charge is 0.241 e. The number of halogens is 1. The molecule has 118 valence electrons. The van der Waals surface area contributed by atoms with Crippen molar-refractivity contribution in [2.75, 3.05) is 5.73 Å². The minimum absolute atomic E-state index is 0.0633. The van der Waals surface area contributed by atoms with Gasteiger partial charge in [0.05, 0.1) is 15.6 Å². The van der Waals surface area contributed by atoms with E-state index in [9.17, 15) is 8.42 Å². The van der Waals surface area contributed by atoms with Crippen molar-refractivity contribution in [3.63, 3.8) is 0 Å². The van der Waals surface area contributed by atoms with Gasteiger partial charge in [0.15, 0.2) is 0 Å². The molecule has 6 heteroatoms. The SMILES string of the molecule is Cc1cc(Cl)c(N)cc1S(=O)(=O)NC(C)C1CCCCC1. The van der Waals surface area contributed by atoms with E-state index in [2.05, 4.69) is 4.72 Å². The molecule has 4 nitrogen and oxygen atoms in total. The zero-order valence-electron chi connectivity index (χ0n) is 12.5. The third-order valence-electron chi connectivity index (χ3n) is 4.28. The van der Waals surface area contributed by atoms with E-state index in [1.165, 1.54) is 25.3 Å². The maximum atomic E-state index is 12.6. The van der Waals surface area contributed by atoms with Crippen LogP contribution in [0, 0.1) is 12.8 Å². The lowest BCUT2D eigenvalue weighted by Gasteiger charge is -2.28. The maximum Gasteiger partial charge on any atom is 0.241 e. The second kappa shape index (κ2) is 6.55. The molecule has 1 saturated carbocycles. The van der Waals surface area contributed by atoms with Crippen LogP contribution in [0.3, 0.4) is 0 Å². The monoisotopic (exact) mass is 330 g/mol. The van der Waals surface area contributed by atoms with E-state index in [4.69, 9.17) is 17.3 Å². The van der Waals surface area contributed by atoms with E-state index in [1.807, 2.05) is 6.92 Å². The molecule has 2 rings (SSSR count). The highest BCUT2D eigenvalue weighted by Crippen LogP contribution is 2.29. The molecule has 0 spiro atoms. The van der Waals surface area contributed by atoms with Gasteiger partial charge >= 0.3 is 0 Å². The molecule has 0 saturated heterocycles. The predicted molar refractivity (Wildman–Crippen MR) is 87.0 cm³/mol. The Morgan fingerprint density at radius 1 is 1.29 bits per heavy atom. The molecular formula is C15H23ClN2O2S. The van der Waals surface area contributed by atoms with Gasteiger partial charge in [0, 0.05) is 6.04 Å². The second-order valence-electron chi connectivity index (χ2n) is 5.95. The van der Waals surface area contributed by atoms with Gasteiger partial charge in [-0.25, -0.2) is 13.1 Å². The first kappa shape index (κ1) is 16.6. The van der Waals surface area contributed by atoms with Crippen molar-refractivity contribution in [2.24, 2.45) is 5.92 Å². The summed E-state index contributed by atoms with van der Waals surface area (Å²) in [4.78, 5) is 0.215. The first-order valence-electron chi connectivity index (χ1n) is 7.39. The molecule has 0 heterocycles. The topological polar surface area (TPSA) is 72.2 Å². The standard InChI is InChI=1S/C15H23ClN2O2S/c1-10-8-13(16)14(17)9-15(10)21(19,20)18-11(2)12-6-4-3-5-7-12/h8-9,11-12,18H,3-7,17H2,1-2H3. The normalized spacial score (nSPS) is 18.6. The molecule has 3 N–H and O–H groups in total.